The van der Waals surface area contributed by atoms with Crippen molar-refractivity contribution in [3.8, 4) is 0 Å². The monoisotopic (exact) mass is 175 g/mol. The quantitative estimate of drug-likeness (QED) is 0.664. The van der Waals surface area contributed by atoms with Crippen molar-refractivity contribution in [2.24, 2.45) is 0 Å². The van der Waals surface area contributed by atoms with E-state index in [1.54, 1.807) is 0 Å². The Morgan fingerprint density at radius 1 is 1.38 bits per heavy atom. The third-order valence-electron chi connectivity index (χ3n) is 2.25. The number of aryl methyl sites for hydroxylation is 1. The van der Waals surface area contributed by atoms with E-state index in [0.29, 0.717) is 5.92 Å². The fraction of sp³-hybridized carbons (Fsp3) is 0.364. The molecule has 0 aliphatic carbocycles. The molecule has 0 spiro atoms. The Morgan fingerprint density at radius 3 is 2.85 bits per heavy atom. The summed E-state index contributed by atoms with van der Waals surface area (Å²) in [5.41, 5.74) is 3.13. The van der Waals surface area contributed by atoms with Gasteiger partial charge >= 0.3 is 0 Å². The zero-order chi connectivity index (χ0) is 9.42. The lowest BCUT2D eigenvalue weighted by molar-refractivity contribution is 0.568. The summed E-state index contributed by atoms with van der Waals surface area (Å²) in [6.45, 7) is 6.31. The van der Waals surface area contributed by atoms with Crippen LogP contribution in [0.1, 0.15) is 31.1 Å². The van der Waals surface area contributed by atoms with E-state index in [0.717, 1.165) is 16.9 Å². The van der Waals surface area contributed by atoms with Gasteiger partial charge in [-0.25, -0.2) is 0 Å². The average Bonchev–Trinajstić information content (AvgIpc) is 2.39. The van der Waals surface area contributed by atoms with Crippen molar-refractivity contribution < 1.29 is 4.42 Å². The topological polar surface area (TPSA) is 26.0 Å². The molecule has 68 valence electrons. The molecule has 2 heterocycles. The molecule has 2 nitrogen and oxygen atoms in total. The van der Waals surface area contributed by atoms with Crippen LogP contribution in [0, 0.1) is 6.92 Å². The van der Waals surface area contributed by atoms with Gasteiger partial charge in [-0.2, -0.15) is 0 Å². The number of furan rings is 1. The first-order valence-electron chi connectivity index (χ1n) is 4.54. The molecule has 2 aromatic heterocycles. The maximum atomic E-state index is 5.60. The van der Waals surface area contributed by atoms with Crippen LogP contribution in [0.25, 0.3) is 11.1 Å². The van der Waals surface area contributed by atoms with Crippen molar-refractivity contribution in [3.05, 3.63) is 29.7 Å². The Bertz CT molecular complexity index is 429. The van der Waals surface area contributed by atoms with E-state index < -0.39 is 0 Å². The molecule has 0 amide bonds. The highest BCUT2D eigenvalue weighted by Gasteiger charge is 2.13. The van der Waals surface area contributed by atoms with Gasteiger partial charge in [0.25, 0.3) is 0 Å². The van der Waals surface area contributed by atoms with Gasteiger partial charge in [0, 0.05) is 11.8 Å². The van der Waals surface area contributed by atoms with Crippen molar-refractivity contribution in [1.82, 2.24) is 4.98 Å². The van der Waals surface area contributed by atoms with Crippen LogP contribution in [0.15, 0.2) is 22.7 Å². The maximum Gasteiger partial charge on any atom is 0.152 e. The molecule has 0 atom stereocenters. The van der Waals surface area contributed by atoms with Crippen LogP contribution in [-0.2, 0) is 0 Å². The highest BCUT2D eigenvalue weighted by Crippen LogP contribution is 2.29. The summed E-state index contributed by atoms with van der Waals surface area (Å²) in [6.07, 6.45) is 1.81. The number of rotatable bonds is 1. The predicted molar refractivity (Wildman–Crippen MR) is 52.8 cm³/mol. The molecular formula is C11H13NO. The lowest BCUT2D eigenvalue weighted by atomic mass is 10.0. The van der Waals surface area contributed by atoms with Gasteiger partial charge in [-0.05, 0) is 25.0 Å². The summed E-state index contributed by atoms with van der Waals surface area (Å²) in [4.78, 5) is 4.33. The minimum atomic E-state index is 0.469. The fourth-order valence-corrected chi connectivity index (χ4v) is 1.74. The van der Waals surface area contributed by atoms with Crippen molar-refractivity contribution in [1.29, 1.82) is 0 Å². The Labute approximate surface area is 77.6 Å². The Morgan fingerprint density at radius 2 is 2.15 bits per heavy atom. The highest BCUT2D eigenvalue weighted by atomic mass is 16.3. The molecule has 0 N–H and O–H groups in total. The van der Waals surface area contributed by atoms with Crippen LogP contribution >= 0.6 is 0 Å². The second-order valence-electron chi connectivity index (χ2n) is 3.58. The lowest BCUT2D eigenvalue weighted by Gasteiger charge is -2.01. The van der Waals surface area contributed by atoms with E-state index in [-0.39, 0.29) is 0 Å². The highest BCUT2D eigenvalue weighted by molar-refractivity contribution is 5.78. The first-order chi connectivity index (χ1) is 6.20. The van der Waals surface area contributed by atoms with Gasteiger partial charge in [0.1, 0.15) is 11.3 Å². The zero-order valence-corrected chi connectivity index (χ0v) is 8.16. The van der Waals surface area contributed by atoms with Gasteiger partial charge in [0.15, 0.2) is 5.58 Å². The summed E-state index contributed by atoms with van der Waals surface area (Å²) in [6, 6.07) is 3.86. The molecule has 0 aliphatic heterocycles. The lowest BCUT2D eigenvalue weighted by Crippen LogP contribution is -1.88. The van der Waals surface area contributed by atoms with E-state index in [1.165, 1.54) is 5.56 Å². The summed E-state index contributed by atoms with van der Waals surface area (Å²) in [5, 5.41) is 0. The van der Waals surface area contributed by atoms with Crippen LogP contribution in [-0.4, -0.2) is 4.98 Å². The van der Waals surface area contributed by atoms with E-state index >= 15 is 0 Å². The number of hydrogen-bond acceptors (Lipinski definition) is 2. The molecule has 0 aliphatic rings. The molecule has 0 saturated carbocycles. The SMILES string of the molecule is Cc1oc2cccnc2c1C(C)C. The third kappa shape index (κ3) is 1.22. The number of hydrogen-bond donors (Lipinski definition) is 0. The summed E-state index contributed by atoms with van der Waals surface area (Å²) >= 11 is 0. The minimum absolute atomic E-state index is 0.469. The van der Waals surface area contributed by atoms with E-state index in [1.807, 2.05) is 25.3 Å². The van der Waals surface area contributed by atoms with Gasteiger partial charge in [0.05, 0.1) is 0 Å². The molecule has 0 fully saturated rings. The summed E-state index contributed by atoms with van der Waals surface area (Å²) in [7, 11) is 0. The van der Waals surface area contributed by atoms with Crippen molar-refractivity contribution in [2.45, 2.75) is 26.7 Å². The largest absolute Gasteiger partial charge is 0.459 e. The average molecular weight is 175 g/mol. The molecule has 2 rings (SSSR count). The Kier molecular flexibility index (Phi) is 1.83. The standard InChI is InChI=1S/C11H13NO/c1-7(2)10-8(3)13-9-5-4-6-12-11(9)10/h4-7H,1-3H3. The molecule has 0 bridgehead atoms. The van der Waals surface area contributed by atoms with E-state index in [4.69, 9.17) is 4.42 Å². The van der Waals surface area contributed by atoms with Crippen LogP contribution in [0.2, 0.25) is 0 Å². The molecule has 13 heavy (non-hydrogen) atoms. The van der Waals surface area contributed by atoms with E-state index in [2.05, 4.69) is 18.8 Å². The smallest absolute Gasteiger partial charge is 0.152 e. The maximum absolute atomic E-state index is 5.60. The second-order valence-corrected chi connectivity index (χ2v) is 3.58. The first-order valence-corrected chi connectivity index (χ1v) is 4.54. The molecular weight excluding hydrogens is 162 g/mol. The molecule has 0 unspecified atom stereocenters. The van der Waals surface area contributed by atoms with Crippen LogP contribution in [0.3, 0.4) is 0 Å². The Balaban J connectivity index is 2.78. The molecule has 2 heteroatoms. The molecule has 0 radical (unpaired) electrons. The van der Waals surface area contributed by atoms with E-state index in [9.17, 15) is 0 Å². The van der Waals surface area contributed by atoms with Crippen molar-refractivity contribution in [3.63, 3.8) is 0 Å². The molecule has 2 aromatic rings. The van der Waals surface area contributed by atoms with Gasteiger partial charge in [-0.1, -0.05) is 13.8 Å². The number of pyridine rings is 1. The van der Waals surface area contributed by atoms with Crippen LogP contribution in [0.5, 0.6) is 0 Å². The normalized spacial score (nSPS) is 11.4. The van der Waals surface area contributed by atoms with Gasteiger partial charge < -0.3 is 4.42 Å². The van der Waals surface area contributed by atoms with Gasteiger partial charge in [-0.15, -0.1) is 0 Å². The predicted octanol–water partition coefficient (Wildman–Crippen LogP) is 3.26. The second kappa shape index (κ2) is 2.87. The van der Waals surface area contributed by atoms with Crippen LogP contribution < -0.4 is 0 Å². The summed E-state index contributed by atoms with van der Waals surface area (Å²) in [5.74, 6) is 1.46. The zero-order valence-electron chi connectivity index (χ0n) is 8.16. The molecule has 0 aromatic carbocycles. The van der Waals surface area contributed by atoms with Gasteiger partial charge in [-0.3, -0.25) is 4.98 Å². The number of nitrogens with zero attached hydrogens (tertiary/aromatic N) is 1. The van der Waals surface area contributed by atoms with Crippen LogP contribution in [0.4, 0.5) is 0 Å². The minimum Gasteiger partial charge on any atom is -0.459 e. The Hall–Kier alpha value is -1.31. The third-order valence-corrected chi connectivity index (χ3v) is 2.25. The van der Waals surface area contributed by atoms with Gasteiger partial charge in [0.2, 0.25) is 0 Å². The number of aromatic nitrogens is 1. The first kappa shape index (κ1) is 8.30. The van der Waals surface area contributed by atoms with Crippen molar-refractivity contribution in [2.75, 3.05) is 0 Å². The summed E-state index contributed by atoms with van der Waals surface area (Å²) < 4.78 is 5.60. The number of fused-ring (bicyclic) bond motifs is 1. The van der Waals surface area contributed by atoms with Crippen molar-refractivity contribution >= 4 is 11.1 Å². The molecule has 0 saturated heterocycles. The fourth-order valence-electron chi connectivity index (χ4n) is 1.74.